The summed E-state index contributed by atoms with van der Waals surface area (Å²) >= 11 is 0. The minimum Gasteiger partial charge on any atom is -0.481 e. The molecule has 122 valence electrons. The average molecular weight is 324 g/mol. The van der Waals surface area contributed by atoms with Crippen LogP contribution in [-0.4, -0.2) is 35.4 Å². The van der Waals surface area contributed by atoms with E-state index < -0.39 is 23.9 Å². The number of rotatable bonds is 4. The lowest BCUT2D eigenvalue weighted by Crippen LogP contribution is -2.43. The summed E-state index contributed by atoms with van der Waals surface area (Å²) < 4.78 is 5.54. The minimum absolute atomic E-state index is 0.283. The second kappa shape index (κ2) is 6.54. The fourth-order valence-electron chi connectivity index (χ4n) is 2.48. The molecule has 6 nitrogen and oxygen atoms in total. The van der Waals surface area contributed by atoms with Crippen molar-refractivity contribution >= 4 is 23.5 Å². The van der Waals surface area contributed by atoms with Gasteiger partial charge in [0.05, 0.1) is 5.69 Å². The van der Waals surface area contributed by atoms with E-state index in [0.29, 0.717) is 11.4 Å². The number of hydrogen-bond donors (Lipinski definition) is 0. The summed E-state index contributed by atoms with van der Waals surface area (Å²) in [6.07, 6.45) is -0.875. The number of amides is 4. The fraction of sp³-hybridized carbons (Fsp3) is 0.167. The monoisotopic (exact) mass is 324 g/mol. The van der Waals surface area contributed by atoms with E-state index in [-0.39, 0.29) is 6.54 Å². The van der Waals surface area contributed by atoms with Gasteiger partial charge in [0.25, 0.3) is 11.8 Å². The molecule has 1 heterocycles. The van der Waals surface area contributed by atoms with Crippen molar-refractivity contribution in [3.8, 4) is 5.75 Å². The molecule has 1 aliphatic heterocycles. The molecule has 24 heavy (non-hydrogen) atoms. The Balaban J connectivity index is 1.74. The van der Waals surface area contributed by atoms with Crippen LogP contribution in [-0.2, 0) is 9.59 Å². The zero-order valence-corrected chi connectivity index (χ0v) is 13.1. The second-order valence-electron chi connectivity index (χ2n) is 5.34. The highest BCUT2D eigenvalue weighted by Crippen LogP contribution is 2.22. The summed E-state index contributed by atoms with van der Waals surface area (Å²) in [7, 11) is 0. The molecular formula is C18H16N2O4. The first kappa shape index (κ1) is 15.7. The molecule has 0 aromatic heterocycles. The Kier molecular flexibility index (Phi) is 4.29. The summed E-state index contributed by atoms with van der Waals surface area (Å²) in [5, 5.41) is 0. The molecule has 2 aromatic carbocycles. The number of carbonyl (C=O) groups excluding carboxylic acids is 3. The van der Waals surface area contributed by atoms with Crippen LogP contribution >= 0.6 is 0 Å². The van der Waals surface area contributed by atoms with Crippen molar-refractivity contribution in [3.63, 3.8) is 0 Å². The highest BCUT2D eigenvalue weighted by Gasteiger charge is 2.42. The predicted molar refractivity (Wildman–Crippen MR) is 87.6 cm³/mol. The number of imide groups is 2. The van der Waals surface area contributed by atoms with Crippen LogP contribution in [0.2, 0.25) is 0 Å². The molecule has 0 radical (unpaired) electrons. The fourth-order valence-corrected chi connectivity index (χ4v) is 2.48. The van der Waals surface area contributed by atoms with Crippen molar-refractivity contribution in [2.45, 2.75) is 13.0 Å². The van der Waals surface area contributed by atoms with E-state index in [1.807, 2.05) is 6.07 Å². The maximum atomic E-state index is 12.5. The first-order valence-corrected chi connectivity index (χ1v) is 7.53. The van der Waals surface area contributed by atoms with E-state index in [4.69, 9.17) is 4.74 Å². The number of hydrogen-bond acceptors (Lipinski definition) is 4. The molecule has 3 rings (SSSR count). The highest BCUT2D eigenvalue weighted by atomic mass is 16.5. The number of carbonyl (C=O) groups is 3. The molecule has 0 saturated carbocycles. The van der Waals surface area contributed by atoms with Crippen LogP contribution < -0.4 is 9.64 Å². The van der Waals surface area contributed by atoms with Crippen LogP contribution in [0.3, 0.4) is 0 Å². The van der Waals surface area contributed by atoms with Gasteiger partial charge >= 0.3 is 6.03 Å². The maximum absolute atomic E-state index is 12.5. The summed E-state index contributed by atoms with van der Waals surface area (Å²) in [6, 6.07) is 16.7. The smallest absolute Gasteiger partial charge is 0.338 e. The Morgan fingerprint density at radius 2 is 1.58 bits per heavy atom. The van der Waals surface area contributed by atoms with E-state index >= 15 is 0 Å². The zero-order chi connectivity index (χ0) is 17.1. The number of benzene rings is 2. The molecule has 0 spiro atoms. The molecule has 0 aliphatic carbocycles. The Labute approximate surface area is 139 Å². The molecule has 0 N–H and O–H groups in total. The van der Waals surface area contributed by atoms with E-state index in [1.54, 1.807) is 61.5 Å². The van der Waals surface area contributed by atoms with Gasteiger partial charge in [-0.05, 0) is 31.2 Å². The van der Waals surface area contributed by atoms with Crippen LogP contribution in [0.4, 0.5) is 10.5 Å². The van der Waals surface area contributed by atoms with Crippen LogP contribution in [0.5, 0.6) is 5.75 Å². The minimum atomic E-state index is -0.875. The molecule has 1 saturated heterocycles. The van der Waals surface area contributed by atoms with E-state index in [0.717, 1.165) is 9.80 Å². The van der Waals surface area contributed by atoms with Gasteiger partial charge in [0, 0.05) is 0 Å². The third kappa shape index (κ3) is 2.99. The van der Waals surface area contributed by atoms with Crippen molar-refractivity contribution in [1.82, 2.24) is 4.90 Å². The normalized spacial score (nSPS) is 15.5. The SMILES string of the molecule is CC(Oc1ccccc1)C(=O)N1CC(=O)N(c2ccccc2)C1=O. The van der Waals surface area contributed by atoms with Crippen LogP contribution in [0, 0.1) is 0 Å². The molecular weight excluding hydrogens is 308 g/mol. The third-order valence-corrected chi connectivity index (χ3v) is 3.65. The molecule has 4 amide bonds. The number of urea groups is 1. The highest BCUT2D eigenvalue weighted by molar-refractivity contribution is 6.24. The van der Waals surface area contributed by atoms with E-state index in [2.05, 4.69) is 0 Å². The van der Waals surface area contributed by atoms with Crippen molar-refractivity contribution in [2.75, 3.05) is 11.4 Å². The van der Waals surface area contributed by atoms with Gasteiger partial charge in [0.1, 0.15) is 12.3 Å². The van der Waals surface area contributed by atoms with Gasteiger partial charge in [-0.2, -0.15) is 0 Å². The van der Waals surface area contributed by atoms with E-state index in [9.17, 15) is 14.4 Å². The van der Waals surface area contributed by atoms with Crippen molar-refractivity contribution < 1.29 is 19.1 Å². The van der Waals surface area contributed by atoms with Gasteiger partial charge in [-0.25, -0.2) is 9.69 Å². The van der Waals surface area contributed by atoms with Crippen LogP contribution in [0.1, 0.15) is 6.92 Å². The van der Waals surface area contributed by atoms with Gasteiger partial charge in [-0.15, -0.1) is 0 Å². The van der Waals surface area contributed by atoms with Crippen molar-refractivity contribution in [3.05, 3.63) is 60.7 Å². The lowest BCUT2D eigenvalue weighted by Gasteiger charge is -2.20. The maximum Gasteiger partial charge on any atom is 0.338 e. The standard InChI is InChI=1S/C18H16N2O4/c1-13(24-15-10-6-3-7-11-15)17(22)19-12-16(21)20(18(19)23)14-8-4-2-5-9-14/h2-11,13H,12H2,1H3. The lowest BCUT2D eigenvalue weighted by atomic mass is 10.3. The Morgan fingerprint density at radius 3 is 2.21 bits per heavy atom. The zero-order valence-electron chi connectivity index (χ0n) is 13.1. The van der Waals surface area contributed by atoms with Gasteiger partial charge in [0.15, 0.2) is 6.10 Å². The average Bonchev–Trinajstić information content (AvgIpc) is 2.90. The topological polar surface area (TPSA) is 66.9 Å². The van der Waals surface area contributed by atoms with Gasteiger partial charge in [-0.1, -0.05) is 36.4 Å². The molecule has 1 fully saturated rings. The number of ether oxygens (including phenoxy) is 1. The molecule has 0 bridgehead atoms. The summed E-state index contributed by atoms with van der Waals surface area (Å²) in [5.74, 6) is -0.460. The molecule has 1 aliphatic rings. The summed E-state index contributed by atoms with van der Waals surface area (Å²) in [6.45, 7) is 1.27. The second-order valence-corrected chi connectivity index (χ2v) is 5.34. The number of nitrogens with zero attached hydrogens (tertiary/aromatic N) is 2. The Hall–Kier alpha value is -3.15. The van der Waals surface area contributed by atoms with Crippen molar-refractivity contribution in [1.29, 1.82) is 0 Å². The van der Waals surface area contributed by atoms with Gasteiger partial charge in [-0.3, -0.25) is 14.5 Å². The molecule has 1 atom stereocenters. The third-order valence-electron chi connectivity index (χ3n) is 3.65. The Morgan fingerprint density at radius 1 is 1.00 bits per heavy atom. The van der Waals surface area contributed by atoms with Crippen LogP contribution in [0.25, 0.3) is 0 Å². The van der Waals surface area contributed by atoms with Gasteiger partial charge < -0.3 is 4.74 Å². The first-order chi connectivity index (χ1) is 11.6. The first-order valence-electron chi connectivity index (χ1n) is 7.53. The van der Waals surface area contributed by atoms with Crippen LogP contribution in [0.15, 0.2) is 60.7 Å². The molecule has 6 heteroatoms. The van der Waals surface area contributed by atoms with Crippen molar-refractivity contribution in [2.24, 2.45) is 0 Å². The number of anilines is 1. The largest absolute Gasteiger partial charge is 0.481 e. The summed E-state index contributed by atoms with van der Waals surface area (Å²) in [4.78, 5) is 39.0. The Bertz CT molecular complexity index is 761. The lowest BCUT2D eigenvalue weighted by molar-refractivity contribution is -0.135. The molecule has 2 aromatic rings. The summed E-state index contributed by atoms with van der Waals surface area (Å²) in [5.41, 5.74) is 0.444. The quantitative estimate of drug-likeness (QED) is 0.810. The predicted octanol–water partition coefficient (Wildman–Crippen LogP) is 2.45. The number of para-hydroxylation sites is 2. The molecule has 1 unspecified atom stereocenters. The van der Waals surface area contributed by atoms with Gasteiger partial charge in [0.2, 0.25) is 0 Å². The van der Waals surface area contributed by atoms with E-state index in [1.165, 1.54) is 0 Å².